The van der Waals surface area contributed by atoms with E-state index < -0.39 is 0 Å². The summed E-state index contributed by atoms with van der Waals surface area (Å²) in [7, 11) is 0. The van der Waals surface area contributed by atoms with Crippen molar-refractivity contribution in [3.05, 3.63) is 29.3 Å². The van der Waals surface area contributed by atoms with Crippen molar-refractivity contribution >= 4 is 24.0 Å². The third-order valence-electron chi connectivity index (χ3n) is 3.94. The van der Waals surface area contributed by atoms with Gasteiger partial charge in [-0.15, -0.1) is 12.4 Å². The zero-order chi connectivity index (χ0) is 13.7. The van der Waals surface area contributed by atoms with Crippen molar-refractivity contribution in [3.63, 3.8) is 0 Å². The Morgan fingerprint density at radius 1 is 1.35 bits per heavy atom. The first kappa shape index (κ1) is 17.0. The predicted octanol–water partition coefficient (Wildman–Crippen LogP) is 3.31. The van der Waals surface area contributed by atoms with Crippen LogP contribution in [0.4, 0.5) is 5.69 Å². The van der Waals surface area contributed by atoms with Gasteiger partial charge in [-0.25, -0.2) is 0 Å². The fourth-order valence-electron chi connectivity index (χ4n) is 2.74. The van der Waals surface area contributed by atoms with Crippen molar-refractivity contribution < 1.29 is 4.79 Å². The minimum atomic E-state index is 0. The highest BCUT2D eigenvalue weighted by Gasteiger charge is 2.17. The third-order valence-corrected chi connectivity index (χ3v) is 3.94. The summed E-state index contributed by atoms with van der Waals surface area (Å²) in [5, 5.41) is 6.45. The van der Waals surface area contributed by atoms with Crippen LogP contribution in [0.15, 0.2) is 18.2 Å². The topological polar surface area (TPSA) is 41.1 Å². The maximum atomic E-state index is 12.2. The monoisotopic (exact) mass is 296 g/mol. The molecule has 0 aliphatic carbocycles. The summed E-state index contributed by atoms with van der Waals surface area (Å²) >= 11 is 0. The van der Waals surface area contributed by atoms with Crippen molar-refractivity contribution in [2.24, 2.45) is 5.92 Å². The lowest BCUT2D eigenvalue weighted by molar-refractivity contribution is -0.117. The minimum absolute atomic E-state index is 0. The number of hydrogen-bond donors (Lipinski definition) is 2. The highest BCUT2D eigenvalue weighted by atomic mass is 35.5. The Bertz CT molecular complexity index is 442. The zero-order valence-electron chi connectivity index (χ0n) is 12.4. The molecule has 1 aromatic rings. The first-order valence-corrected chi connectivity index (χ1v) is 7.29. The van der Waals surface area contributed by atoms with Gasteiger partial charge in [0.2, 0.25) is 5.91 Å². The normalized spacial score (nSPS) is 15.5. The van der Waals surface area contributed by atoms with Crippen LogP contribution in [0, 0.1) is 12.8 Å². The number of benzene rings is 1. The number of anilines is 1. The van der Waals surface area contributed by atoms with Crippen molar-refractivity contribution in [3.8, 4) is 0 Å². The fourth-order valence-corrected chi connectivity index (χ4v) is 2.74. The van der Waals surface area contributed by atoms with Gasteiger partial charge in [-0.05, 0) is 56.3 Å². The molecule has 0 spiro atoms. The second kappa shape index (κ2) is 8.28. The number of amides is 1. The molecule has 0 bridgehead atoms. The third kappa shape index (κ3) is 4.50. The van der Waals surface area contributed by atoms with E-state index in [2.05, 4.69) is 42.7 Å². The van der Waals surface area contributed by atoms with Crippen molar-refractivity contribution in [1.29, 1.82) is 0 Å². The molecule has 1 fully saturated rings. The van der Waals surface area contributed by atoms with Gasteiger partial charge in [-0.3, -0.25) is 4.79 Å². The minimum Gasteiger partial charge on any atom is -0.326 e. The van der Waals surface area contributed by atoms with E-state index in [1.54, 1.807) is 0 Å². The Kier molecular flexibility index (Phi) is 7.03. The molecule has 0 unspecified atom stereocenters. The van der Waals surface area contributed by atoms with E-state index in [1.165, 1.54) is 5.56 Å². The number of carbonyl (C=O) groups is 1. The molecule has 1 heterocycles. The molecule has 20 heavy (non-hydrogen) atoms. The van der Waals surface area contributed by atoms with Gasteiger partial charge in [0.1, 0.15) is 0 Å². The molecule has 0 radical (unpaired) electrons. The molecule has 112 valence electrons. The van der Waals surface area contributed by atoms with Crippen molar-refractivity contribution in [2.75, 3.05) is 18.4 Å². The smallest absolute Gasteiger partial charge is 0.224 e. The number of aryl methyl sites for hydroxylation is 2. The molecule has 2 N–H and O–H groups in total. The number of piperidine rings is 1. The first-order chi connectivity index (χ1) is 9.20. The maximum absolute atomic E-state index is 12.2. The van der Waals surface area contributed by atoms with Crippen molar-refractivity contribution in [1.82, 2.24) is 5.32 Å². The lowest BCUT2D eigenvalue weighted by Gasteiger charge is -2.22. The second-order valence-electron chi connectivity index (χ2n) is 5.41. The Morgan fingerprint density at radius 3 is 2.70 bits per heavy atom. The Balaban J connectivity index is 0.00000200. The van der Waals surface area contributed by atoms with Crippen LogP contribution in [0.5, 0.6) is 0 Å². The molecule has 1 aromatic carbocycles. The van der Waals surface area contributed by atoms with Crippen LogP contribution in [0.3, 0.4) is 0 Å². The van der Waals surface area contributed by atoms with Crippen molar-refractivity contribution in [2.45, 2.75) is 39.5 Å². The molecule has 2 rings (SSSR count). The van der Waals surface area contributed by atoms with Gasteiger partial charge >= 0.3 is 0 Å². The Morgan fingerprint density at radius 2 is 2.05 bits per heavy atom. The summed E-state index contributed by atoms with van der Waals surface area (Å²) in [6.45, 7) is 6.27. The average molecular weight is 297 g/mol. The number of halogens is 1. The maximum Gasteiger partial charge on any atom is 0.224 e. The molecule has 1 saturated heterocycles. The van der Waals surface area contributed by atoms with Crippen LogP contribution in [-0.4, -0.2) is 19.0 Å². The molecule has 4 heteroatoms. The predicted molar refractivity (Wildman–Crippen MR) is 86.6 cm³/mol. The van der Waals surface area contributed by atoms with Gasteiger partial charge in [-0.1, -0.05) is 25.1 Å². The summed E-state index contributed by atoms with van der Waals surface area (Å²) in [6, 6.07) is 6.20. The van der Waals surface area contributed by atoms with Crippen LogP contribution in [0.2, 0.25) is 0 Å². The Hall–Kier alpha value is -1.06. The number of nitrogens with one attached hydrogen (secondary N) is 2. The van der Waals surface area contributed by atoms with Gasteiger partial charge in [-0.2, -0.15) is 0 Å². The molecular formula is C16H25ClN2O. The first-order valence-electron chi connectivity index (χ1n) is 7.29. The van der Waals surface area contributed by atoms with Crippen LogP contribution in [-0.2, 0) is 11.2 Å². The summed E-state index contributed by atoms with van der Waals surface area (Å²) in [6.07, 6.45) is 3.83. The highest BCUT2D eigenvalue weighted by molar-refractivity contribution is 5.92. The van der Waals surface area contributed by atoms with Gasteiger partial charge < -0.3 is 10.6 Å². The SMILES string of the molecule is CCc1cccc(C)c1NC(=O)CC1CCNCC1.Cl. The highest BCUT2D eigenvalue weighted by Crippen LogP contribution is 2.23. The fraction of sp³-hybridized carbons (Fsp3) is 0.562. The van der Waals surface area contributed by atoms with Crippen LogP contribution in [0.1, 0.15) is 37.3 Å². The van der Waals surface area contributed by atoms with E-state index in [4.69, 9.17) is 0 Å². The van der Waals surface area contributed by atoms with E-state index in [0.717, 1.165) is 43.6 Å². The van der Waals surface area contributed by atoms with E-state index in [0.29, 0.717) is 12.3 Å². The Labute approximate surface area is 127 Å². The zero-order valence-corrected chi connectivity index (χ0v) is 13.2. The molecule has 1 aliphatic heterocycles. The van der Waals surface area contributed by atoms with Crippen LogP contribution >= 0.6 is 12.4 Å². The molecule has 1 aliphatic rings. The van der Waals surface area contributed by atoms with E-state index >= 15 is 0 Å². The quantitative estimate of drug-likeness (QED) is 0.895. The molecule has 3 nitrogen and oxygen atoms in total. The molecule has 1 amide bonds. The standard InChI is InChI=1S/C16H24N2O.ClH/c1-3-14-6-4-5-12(2)16(14)18-15(19)11-13-7-9-17-10-8-13;/h4-6,13,17H,3,7-11H2,1-2H3,(H,18,19);1H. The summed E-state index contributed by atoms with van der Waals surface area (Å²) < 4.78 is 0. The largest absolute Gasteiger partial charge is 0.326 e. The van der Waals surface area contributed by atoms with Crippen LogP contribution < -0.4 is 10.6 Å². The average Bonchev–Trinajstić information content (AvgIpc) is 2.42. The number of para-hydroxylation sites is 1. The summed E-state index contributed by atoms with van der Waals surface area (Å²) in [4.78, 5) is 12.2. The second-order valence-corrected chi connectivity index (χ2v) is 5.41. The van der Waals surface area contributed by atoms with E-state index in [9.17, 15) is 4.79 Å². The lowest BCUT2D eigenvalue weighted by atomic mass is 9.94. The molecule has 0 aromatic heterocycles. The van der Waals surface area contributed by atoms with E-state index in [-0.39, 0.29) is 18.3 Å². The summed E-state index contributed by atoms with van der Waals surface area (Å²) in [5.41, 5.74) is 3.39. The van der Waals surface area contributed by atoms with Gasteiger partial charge in [0.25, 0.3) is 0 Å². The summed E-state index contributed by atoms with van der Waals surface area (Å²) in [5.74, 6) is 0.700. The number of hydrogen-bond acceptors (Lipinski definition) is 2. The molecule has 0 saturated carbocycles. The van der Waals surface area contributed by atoms with Gasteiger partial charge in [0.05, 0.1) is 0 Å². The van der Waals surface area contributed by atoms with Gasteiger partial charge in [0, 0.05) is 12.1 Å². The lowest BCUT2D eigenvalue weighted by Crippen LogP contribution is -2.30. The number of carbonyl (C=O) groups excluding carboxylic acids is 1. The van der Waals surface area contributed by atoms with E-state index in [1.807, 2.05) is 0 Å². The van der Waals surface area contributed by atoms with Gasteiger partial charge in [0.15, 0.2) is 0 Å². The number of rotatable bonds is 4. The molecular weight excluding hydrogens is 272 g/mol. The van der Waals surface area contributed by atoms with Crippen LogP contribution in [0.25, 0.3) is 0 Å². The molecule has 0 atom stereocenters.